The second-order valence-electron chi connectivity index (χ2n) is 11.1. The molecule has 0 saturated heterocycles. The van der Waals surface area contributed by atoms with Crippen molar-refractivity contribution in [3.05, 3.63) is 122 Å². The molecule has 9 N–H and O–H groups in total. The molecule has 0 fully saturated rings. The fraction of sp³-hybridized carbons (Fsp3) is 0.475. The quantitative estimate of drug-likeness (QED) is 0.0290. The molecule has 0 unspecified atom stereocenters. The lowest BCUT2D eigenvalue weighted by Crippen LogP contribution is -2.25. The Balaban J connectivity index is -0.000000208. The highest BCUT2D eigenvalue weighted by Crippen LogP contribution is 2.10. The lowest BCUT2D eigenvalue weighted by Gasteiger charge is -2.03. The third-order valence-electron chi connectivity index (χ3n) is 5.51. The Labute approximate surface area is 376 Å². The van der Waals surface area contributed by atoms with Crippen LogP contribution in [0.15, 0.2) is 106 Å². The molecule has 0 saturated carbocycles. The number of carbonyl (C=O) groups excluding carboxylic acids is 2. The molecule has 0 radical (unpaired) electrons. The number of ether oxygens (including phenoxy) is 3. The zero-order valence-corrected chi connectivity index (χ0v) is 38.4. The Hall–Kier alpha value is -5.93. The molecular formula is C40H69N15O7S. The average Bonchev–Trinajstić information content (AvgIpc) is 3.26. The molecule has 0 aliphatic heterocycles. The summed E-state index contributed by atoms with van der Waals surface area (Å²) in [6.07, 6.45) is 4.08. The van der Waals surface area contributed by atoms with E-state index >= 15 is 0 Å². The van der Waals surface area contributed by atoms with Gasteiger partial charge in [-0.25, -0.2) is 0 Å². The van der Waals surface area contributed by atoms with Gasteiger partial charge in [-0.05, 0) is 43.2 Å². The molecule has 23 heteroatoms. The molecule has 0 atom stereocenters. The van der Waals surface area contributed by atoms with Gasteiger partial charge in [0.2, 0.25) is 11.8 Å². The number of amides is 2. The summed E-state index contributed by atoms with van der Waals surface area (Å²) in [7, 11) is 3.77. The molecule has 0 heterocycles. The number of nitrogens with one attached hydrogen (secondary N) is 4. The van der Waals surface area contributed by atoms with E-state index in [0.717, 1.165) is 26.6 Å². The van der Waals surface area contributed by atoms with Crippen LogP contribution in [0.25, 0.3) is 31.3 Å². The number of carboxylic acids is 1. The highest BCUT2D eigenvalue weighted by Gasteiger charge is 1.90. The lowest BCUT2D eigenvalue weighted by atomic mass is 10.3. The number of aliphatic carboxylic acids is 1. The van der Waals surface area contributed by atoms with Crippen molar-refractivity contribution >= 4 is 46.6 Å². The number of benzene rings is 3. The number of likely N-dealkylation sites (N-methyl/N-ethyl adjacent to an activating group) is 2. The first kappa shape index (κ1) is 66.2. The predicted octanol–water partition coefficient (Wildman–Crippen LogP) is 6.59. The van der Waals surface area contributed by atoms with Gasteiger partial charge < -0.3 is 52.1 Å². The molecule has 3 aromatic carbocycles. The molecule has 0 aliphatic carbocycles. The van der Waals surface area contributed by atoms with Crippen molar-refractivity contribution in [3.63, 3.8) is 0 Å². The molecule has 3 aromatic rings. The van der Waals surface area contributed by atoms with Gasteiger partial charge in [-0.2, -0.15) is 11.8 Å². The number of carbonyl (C=O) groups is 3. The number of carboxylic acid groups (broad SMARTS) is 1. The number of thioether (sulfide) groups is 1. The van der Waals surface area contributed by atoms with Gasteiger partial charge in [0.1, 0.15) is 0 Å². The zero-order chi connectivity index (χ0) is 48.5. The minimum Gasteiger partial charge on any atom is -0.481 e. The average molecular weight is 904 g/mol. The van der Waals surface area contributed by atoms with Crippen LogP contribution in [0.2, 0.25) is 0 Å². The van der Waals surface area contributed by atoms with Gasteiger partial charge in [0.05, 0.1) is 39.6 Å². The Morgan fingerprint density at radius 2 is 0.794 bits per heavy atom. The molecule has 2 amide bonds. The predicted molar refractivity (Wildman–Crippen MR) is 254 cm³/mol. The van der Waals surface area contributed by atoms with Gasteiger partial charge in [-0.3, -0.25) is 14.4 Å². The zero-order valence-electron chi connectivity index (χ0n) is 37.6. The van der Waals surface area contributed by atoms with Crippen LogP contribution in [0.4, 0.5) is 17.1 Å². The molecule has 3 rings (SSSR count). The van der Waals surface area contributed by atoms with E-state index in [9.17, 15) is 9.59 Å². The third-order valence-corrected chi connectivity index (χ3v) is 5.51. The van der Waals surface area contributed by atoms with Crippen LogP contribution < -0.4 is 32.7 Å². The first-order valence-electron chi connectivity index (χ1n) is 19.2. The van der Waals surface area contributed by atoms with Crippen molar-refractivity contribution in [2.75, 3.05) is 106 Å². The van der Waals surface area contributed by atoms with E-state index in [4.69, 9.17) is 52.2 Å². The van der Waals surface area contributed by atoms with Gasteiger partial charge in [0.25, 0.3) is 5.97 Å². The van der Waals surface area contributed by atoms with E-state index in [-0.39, 0.29) is 11.8 Å². The van der Waals surface area contributed by atoms with Crippen LogP contribution in [-0.2, 0) is 28.6 Å². The lowest BCUT2D eigenvalue weighted by molar-refractivity contribution is -0.134. The van der Waals surface area contributed by atoms with E-state index < -0.39 is 5.97 Å². The maximum atomic E-state index is 10.4. The number of nitrogens with two attached hydrogens (primary N) is 2. The second-order valence-corrected chi connectivity index (χ2v) is 11.9. The van der Waals surface area contributed by atoms with E-state index in [1.165, 1.54) is 13.8 Å². The number of rotatable bonds is 19. The standard InChI is InChI=1S/C7H16N2O2.3C6H5N3.C6H14N2O2.C5H14N2O.C2H4O2.C2H6S/c1-7(10)9-4-6-11-5-3-8-2;3*7-9-8-6-4-2-1-3-5-6;1-6(9)8-3-5-10-4-2-7;1-7-3-5-8-4-2-6;1-2(3)4;1-3-2/h8H,3-6H2,1-2H3,(H,9,10);3*1-5H;2-5,7H2,1H3,(H,8,9);7H,2-6H2,1H3;1H3,(H,3,4);1-2H3. The molecule has 0 spiro atoms. The molecule has 22 nitrogen and oxygen atoms in total. The summed E-state index contributed by atoms with van der Waals surface area (Å²) in [4.78, 5) is 37.5. The summed E-state index contributed by atoms with van der Waals surface area (Å²) in [6.45, 7) is 11.9. The summed E-state index contributed by atoms with van der Waals surface area (Å²) < 4.78 is 15.2. The minimum absolute atomic E-state index is 0.0118. The highest BCUT2D eigenvalue weighted by molar-refractivity contribution is 7.97. The SMILES string of the molecule is CC(=O)NCCOCCN.CC(=O)O.CNCCOCCN.CNCCOCCNC(C)=O.CSC.[N-]=[N+]=Nc1ccccc1.[N-]=[N+]=Nc1ccccc1.[N-]=[N+]=Nc1ccccc1. The number of azide groups is 3. The van der Waals surface area contributed by atoms with Gasteiger partial charge in [0, 0.05) is 91.8 Å². The molecule has 0 aliphatic rings. The number of hydrogen-bond acceptors (Lipinski definition) is 14. The Morgan fingerprint density at radius 1 is 0.556 bits per heavy atom. The van der Waals surface area contributed by atoms with Crippen LogP contribution in [0.3, 0.4) is 0 Å². The highest BCUT2D eigenvalue weighted by atomic mass is 32.2. The second kappa shape index (κ2) is 60.4. The van der Waals surface area contributed by atoms with Crippen LogP contribution in [0, 0.1) is 0 Å². The molecule has 63 heavy (non-hydrogen) atoms. The molecule has 0 bridgehead atoms. The van der Waals surface area contributed by atoms with Crippen LogP contribution in [-0.4, -0.2) is 128 Å². The van der Waals surface area contributed by atoms with E-state index in [2.05, 4.69) is 51.3 Å². The van der Waals surface area contributed by atoms with Gasteiger partial charge in [-0.15, -0.1) is 0 Å². The van der Waals surface area contributed by atoms with E-state index in [0.29, 0.717) is 76.3 Å². The van der Waals surface area contributed by atoms with Crippen molar-refractivity contribution in [1.29, 1.82) is 0 Å². The number of hydrogen-bond donors (Lipinski definition) is 7. The van der Waals surface area contributed by atoms with Gasteiger partial charge >= 0.3 is 0 Å². The maximum Gasteiger partial charge on any atom is 0.300 e. The van der Waals surface area contributed by atoms with Crippen molar-refractivity contribution in [2.24, 2.45) is 26.8 Å². The van der Waals surface area contributed by atoms with Crippen molar-refractivity contribution in [1.82, 2.24) is 21.3 Å². The monoisotopic (exact) mass is 904 g/mol. The van der Waals surface area contributed by atoms with Crippen molar-refractivity contribution in [2.45, 2.75) is 20.8 Å². The smallest absolute Gasteiger partial charge is 0.300 e. The fourth-order valence-corrected chi connectivity index (χ4v) is 3.06. The normalized spacial score (nSPS) is 8.52. The largest absolute Gasteiger partial charge is 0.481 e. The summed E-state index contributed by atoms with van der Waals surface area (Å²) in [5.74, 6) is -0.876. The topological polar surface area (TPSA) is 346 Å². The Morgan fingerprint density at radius 3 is 1.00 bits per heavy atom. The molecular weight excluding hydrogens is 835 g/mol. The van der Waals surface area contributed by atoms with Crippen LogP contribution in [0.5, 0.6) is 0 Å². The molecule has 0 aromatic heterocycles. The summed E-state index contributed by atoms with van der Waals surface area (Å²) >= 11 is 1.75. The van der Waals surface area contributed by atoms with Gasteiger partial charge in [0.15, 0.2) is 0 Å². The Kier molecular flexibility index (Phi) is 63.4. The van der Waals surface area contributed by atoms with Crippen LogP contribution in [0.1, 0.15) is 20.8 Å². The first-order chi connectivity index (χ1) is 30.4. The number of nitrogens with zero attached hydrogens (tertiary/aromatic N) is 9. The van der Waals surface area contributed by atoms with Crippen molar-refractivity contribution < 1.29 is 33.7 Å². The maximum absolute atomic E-state index is 10.4. The molecule has 352 valence electrons. The summed E-state index contributed by atoms with van der Waals surface area (Å²) in [6, 6.07) is 27.1. The van der Waals surface area contributed by atoms with Gasteiger partial charge in [-0.1, -0.05) is 106 Å². The van der Waals surface area contributed by atoms with E-state index in [1.54, 1.807) is 48.2 Å². The van der Waals surface area contributed by atoms with E-state index in [1.807, 2.05) is 81.2 Å². The Bertz CT molecular complexity index is 1450. The first-order valence-corrected chi connectivity index (χ1v) is 20.9. The summed E-state index contributed by atoms with van der Waals surface area (Å²) in [5.41, 5.74) is 36.2. The third kappa shape index (κ3) is 74.0. The minimum atomic E-state index is -0.833. The van der Waals surface area contributed by atoms with Crippen molar-refractivity contribution in [3.8, 4) is 0 Å². The fourth-order valence-electron chi connectivity index (χ4n) is 3.06. The summed E-state index contributed by atoms with van der Waals surface area (Å²) in [5, 5.41) is 28.7. The van der Waals surface area contributed by atoms with Crippen LogP contribution >= 0.6 is 11.8 Å².